The second-order valence-corrected chi connectivity index (χ2v) is 3.97. The molecule has 0 saturated heterocycles. The van der Waals surface area contributed by atoms with Crippen molar-refractivity contribution in [3.63, 3.8) is 0 Å². The summed E-state index contributed by atoms with van der Waals surface area (Å²) in [5.41, 5.74) is 1.58. The molecule has 0 aliphatic rings. The maximum Gasteiger partial charge on any atom is 0.247 e. The van der Waals surface area contributed by atoms with Crippen molar-refractivity contribution in [1.82, 2.24) is 10.2 Å². The van der Waals surface area contributed by atoms with Gasteiger partial charge in [0.1, 0.15) is 0 Å². The monoisotopic (exact) mass is 231 g/mol. The highest BCUT2D eigenvalue weighted by molar-refractivity contribution is 5.92. The number of amides is 1. The van der Waals surface area contributed by atoms with Gasteiger partial charge >= 0.3 is 0 Å². The van der Waals surface area contributed by atoms with Crippen LogP contribution in [0.25, 0.3) is 11.5 Å². The van der Waals surface area contributed by atoms with Gasteiger partial charge in [-0.3, -0.25) is 4.79 Å². The highest BCUT2D eigenvalue weighted by atomic mass is 16.4. The Labute approximate surface area is 98.9 Å². The zero-order valence-electron chi connectivity index (χ0n) is 9.68. The summed E-state index contributed by atoms with van der Waals surface area (Å²) in [7, 11) is 0. The van der Waals surface area contributed by atoms with Crippen LogP contribution in [0, 0.1) is 5.92 Å². The Kier molecular flexibility index (Phi) is 3.18. The minimum atomic E-state index is -0.0365. The molecule has 0 radical (unpaired) electrons. The number of carbonyl (C=O) groups is 1. The minimum absolute atomic E-state index is 0.00413. The molecule has 0 unspecified atom stereocenters. The smallest absolute Gasteiger partial charge is 0.247 e. The predicted octanol–water partition coefficient (Wildman–Crippen LogP) is 2.33. The van der Waals surface area contributed by atoms with Gasteiger partial charge in [-0.05, 0) is 24.3 Å². The maximum atomic E-state index is 11.5. The molecule has 0 saturated carbocycles. The van der Waals surface area contributed by atoms with Gasteiger partial charge in [-0.15, -0.1) is 10.2 Å². The Hall–Kier alpha value is -2.17. The Morgan fingerprint density at radius 1 is 1.29 bits per heavy atom. The molecule has 1 amide bonds. The standard InChI is InChI=1S/C12H13N3O2/c1-8(2)11(16)14-10-5-3-9(4-6-10)12-15-13-7-17-12/h3-8H,1-2H3,(H,14,16). The van der Waals surface area contributed by atoms with Gasteiger partial charge in [-0.1, -0.05) is 13.8 Å². The average Bonchev–Trinajstić information content (AvgIpc) is 2.83. The first-order valence-corrected chi connectivity index (χ1v) is 5.34. The van der Waals surface area contributed by atoms with Gasteiger partial charge in [0.25, 0.3) is 0 Å². The van der Waals surface area contributed by atoms with Gasteiger partial charge < -0.3 is 9.73 Å². The third-order valence-corrected chi connectivity index (χ3v) is 2.28. The topological polar surface area (TPSA) is 68.0 Å². The van der Waals surface area contributed by atoms with E-state index in [1.807, 2.05) is 26.0 Å². The lowest BCUT2D eigenvalue weighted by Crippen LogP contribution is -2.17. The summed E-state index contributed by atoms with van der Waals surface area (Å²) in [5, 5.41) is 10.2. The number of nitrogens with zero attached hydrogens (tertiary/aromatic N) is 2. The highest BCUT2D eigenvalue weighted by Crippen LogP contribution is 2.19. The van der Waals surface area contributed by atoms with E-state index in [-0.39, 0.29) is 11.8 Å². The number of carbonyl (C=O) groups excluding carboxylic acids is 1. The molecule has 2 rings (SSSR count). The van der Waals surface area contributed by atoms with Crippen LogP contribution in [-0.2, 0) is 4.79 Å². The summed E-state index contributed by atoms with van der Waals surface area (Å²) in [5.74, 6) is 0.424. The first-order valence-electron chi connectivity index (χ1n) is 5.34. The third kappa shape index (κ3) is 2.69. The van der Waals surface area contributed by atoms with E-state index >= 15 is 0 Å². The normalized spacial score (nSPS) is 10.5. The number of aromatic nitrogens is 2. The summed E-state index contributed by atoms with van der Waals surface area (Å²) >= 11 is 0. The Morgan fingerprint density at radius 3 is 2.53 bits per heavy atom. The van der Waals surface area contributed by atoms with Gasteiger partial charge in [0.15, 0.2) is 0 Å². The Balaban J connectivity index is 2.11. The van der Waals surface area contributed by atoms with E-state index in [0.29, 0.717) is 5.89 Å². The predicted molar refractivity (Wildman–Crippen MR) is 63.2 cm³/mol. The molecule has 88 valence electrons. The molecule has 5 nitrogen and oxygen atoms in total. The molecule has 0 fully saturated rings. The quantitative estimate of drug-likeness (QED) is 0.880. The van der Waals surface area contributed by atoms with E-state index in [2.05, 4.69) is 15.5 Å². The van der Waals surface area contributed by atoms with Crippen LogP contribution < -0.4 is 5.32 Å². The van der Waals surface area contributed by atoms with Crippen molar-refractivity contribution in [2.24, 2.45) is 5.92 Å². The van der Waals surface area contributed by atoms with Gasteiger partial charge in [0, 0.05) is 17.2 Å². The second kappa shape index (κ2) is 4.78. The fraction of sp³-hybridized carbons (Fsp3) is 0.250. The lowest BCUT2D eigenvalue weighted by Gasteiger charge is -2.07. The van der Waals surface area contributed by atoms with Crippen LogP contribution in [0.5, 0.6) is 0 Å². The van der Waals surface area contributed by atoms with Crippen LogP contribution in [0.3, 0.4) is 0 Å². The molecule has 2 aromatic rings. The molecule has 5 heteroatoms. The Morgan fingerprint density at radius 2 is 2.00 bits per heavy atom. The number of rotatable bonds is 3. The molecule has 1 aromatic heterocycles. The van der Waals surface area contributed by atoms with Crippen molar-refractivity contribution >= 4 is 11.6 Å². The Bertz CT molecular complexity index is 489. The molecule has 17 heavy (non-hydrogen) atoms. The van der Waals surface area contributed by atoms with Gasteiger partial charge in [0.2, 0.25) is 18.2 Å². The van der Waals surface area contributed by atoms with Crippen molar-refractivity contribution < 1.29 is 9.21 Å². The molecular weight excluding hydrogens is 218 g/mol. The number of anilines is 1. The fourth-order valence-corrected chi connectivity index (χ4v) is 1.28. The van der Waals surface area contributed by atoms with Crippen LogP contribution in [-0.4, -0.2) is 16.1 Å². The van der Waals surface area contributed by atoms with Crippen LogP contribution in [0.15, 0.2) is 35.1 Å². The fourth-order valence-electron chi connectivity index (χ4n) is 1.28. The summed E-state index contributed by atoms with van der Waals surface area (Å²) in [4.78, 5) is 11.5. The van der Waals surface area contributed by atoms with E-state index in [1.54, 1.807) is 12.1 Å². The maximum absolute atomic E-state index is 11.5. The van der Waals surface area contributed by atoms with Crippen molar-refractivity contribution in [1.29, 1.82) is 0 Å². The molecule has 0 bridgehead atoms. The van der Waals surface area contributed by atoms with Gasteiger partial charge in [0.05, 0.1) is 0 Å². The van der Waals surface area contributed by atoms with E-state index in [4.69, 9.17) is 4.42 Å². The number of nitrogens with one attached hydrogen (secondary N) is 1. The first kappa shape index (κ1) is 11.3. The summed E-state index contributed by atoms with van der Waals surface area (Å²) in [6, 6.07) is 7.26. The van der Waals surface area contributed by atoms with Crippen molar-refractivity contribution in [2.45, 2.75) is 13.8 Å². The number of benzene rings is 1. The second-order valence-electron chi connectivity index (χ2n) is 3.97. The molecule has 1 N–H and O–H groups in total. The van der Waals surface area contributed by atoms with E-state index in [0.717, 1.165) is 11.3 Å². The molecule has 1 aromatic carbocycles. The van der Waals surface area contributed by atoms with Crippen molar-refractivity contribution in [2.75, 3.05) is 5.32 Å². The largest absolute Gasteiger partial charge is 0.423 e. The summed E-state index contributed by atoms with van der Waals surface area (Å²) in [6.07, 6.45) is 1.28. The zero-order valence-corrected chi connectivity index (χ0v) is 9.68. The first-order chi connectivity index (χ1) is 8.16. The zero-order chi connectivity index (χ0) is 12.3. The van der Waals surface area contributed by atoms with Crippen LogP contribution in [0.4, 0.5) is 5.69 Å². The van der Waals surface area contributed by atoms with Gasteiger partial charge in [-0.2, -0.15) is 0 Å². The molecular formula is C12H13N3O2. The van der Waals surface area contributed by atoms with E-state index in [9.17, 15) is 4.79 Å². The molecule has 0 spiro atoms. The summed E-state index contributed by atoms with van der Waals surface area (Å²) in [6.45, 7) is 3.70. The lowest BCUT2D eigenvalue weighted by atomic mass is 10.1. The third-order valence-electron chi connectivity index (χ3n) is 2.28. The molecule has 1 heterocycles. The molecule has 0 aliphatic heterocycles. The van der Waals surface area contributed by atoms with Crippen LogP contribution in [0.1, 0.15) is 13.8 Å². The van der Waals surface area contributed by atoms with E-state index in [1.165, 1.54) is 6.39 Å². The van der Waals surface area contributed by atoms with E-state index < -0.39 is 0 Å². The number of hydrogen-bond acceptors (Lipinski definition) is 4. The van der Waals surface area contributed by atoms with Crippen molar-refractivity contribution in [3.05, 3.63) is 30.7 Å². The van der Waals surface area contributed by atoms with Crippen molar-refractivity contribution in [3.8, 4) is 11.5 Å². The minimum Gasteiger partial charge on any atom is -0.423 e. The lowest BCUT2D eigenvalue weighted by molar-refractivity contribution is -0.118. The van der Waals surface area contributed by atoms with Gasteiger partial charge in [-0.25, -0.2) is 0 Å². The SMILES string of the molecule is CC(C)C(=O)Nc1ccc(-c2nnco2)cc1. The van der Waals surface area contributed by atoms with Crippen LogP contribution >= 0.6 is 0 Å². The molecule has 0 aliphatic carbocycles. The summed E-state index contributed by atoms with van der Waals surface area (Å²) < 4.78 is 5.07. The number of hydrogen-bond donors (Lipinski definition) is 1. The van der Waals surface area contributed by atoms with Crippen LogP contribution in [0.2, 0.25) is 0 Å². The molecule has 0 atom stereocenters. The average molecular weight is 231 g/mol. The highest BCUT2D eigenvalue weighted by Gasteiger charge is 2.07.